The molecule has 0 aromatic heterocycles. The Balaban J connectivity index is 2.35. The lowest BCUT2D eigenvalue weighted by Crippen LogP contribution is -2.43. The standard InChI is InChI=1S/C13H15NO4/c1-2-18-13(17)14-8-7-9-5-3-4-6-10(9)11(14)12(15)16/h3-6,11H,2,7-8H2,1H3,(H,15,16). The van der Waals surface area contributed by atoms with Crippen LogP contribution >= 0.6 is 0 Å². The Labute approximate surface area is 105 Å². The van der Waals surface area contributed by atoms with Crippen LogP contribution in [0.15, 0.2) is 24.3 Å². The molecule has 2 rings (SSSR count). The van der Waals surface area contributed by atoms with E-state index in [-0.39, 0.29) is 6.61 Å². The molecule has 0 bridgehead atoms. The van der Waals surface area contributed by atoms with E-state index < -0.39 is 18.1 Å². The lowest BCUT2D eigenvalue weighted by Gasteiger charge is -2.33. The van der Waals surface area contributed by atoms with Crippen LogP contribution in [0.3, 0.4) is 0 Å². The van der Waals surface area contributed by atoms with Crippen LogP contribution in [0.1, 0.15) is 24.1 Å². The Morgan fingerprint density at radius 3 is 2.83 bits per heavy atom. The van der Waals surface area contributed by atoms with Crippen molar-refractivity contribution < 1.29 is 19.4 Å². The number of benzene rings is 1. The Bertz CT molecular complexity index is 472. The molecule has 1 aromatic carbocycles. The quantitative estimate of drug-likeness (QED) is 0.868. The van der Waals surface area contributed by atoms with Gasteiger partial charge in [0.25, 0.3) is 0 Å². The molecule has 0 aliphatic carbocycles. The van der Waals surface area contributed by atoms with Crippen LogP contribution in [0.2, 0.25) is 0 Å². The highest BCUT2D eigenvalue weighted by atomic mass is 16.6. The lowest BCUT2D eigenvalue weighted by atomic mass is 9.93. The van der Waals surface area contributed by atoms with Crippen LogP contribution < -0.4 is 0 Å². The minimum atomic E-state index is -1.03. The van der Waals surface area contributed by atoms with Crippen molar-refractivity contribution in [3.8, 4) is 0 Å². The second-order valence-corrected chi connectivity index (χ2v) is 4.08. The van der Waals surface area contributed by atoms with Crippen LogP contribution in [0.4, 0.5) is 4.79 Å². The molecular weight excluding hydrogens is 234 g/mol. The van der Waals surface area contributed by atoms with Gasteiger partial charge in [-0.25, -0.2) is 9.59 Å². The summed E-state index contributed by atoms with van der Waals surface area (Å²) in [5, 5.41) is 9.32. The van der Waals surface area contributed by atoms with Gasteiger partial charge in [-0.1, -0.05) is 24.3 Å². The molecule has 1 atom stereocenters. The highest BCUT2D eigenvalue weighted by Gasteiger charge is 2.36. The number of hydrogen-bond acceptors (Lipinski definition) is 3. The topological polar surface area (TPSA) is 66.8 Å². The maximum Gasteiger partial charge on any atom is 0.410 e. The third-order valence-corrected chi connectivity index (χ3v) is 3.02. The van der Waals surface area contributed by atoms with Crippen LogP contribution in [0, 0.1) is 0 Å². The van der Waals surface area contributed by atoms with Crippen molar-refractivity contribution in [3.05, 3.63) is 35.4 Å². The summed E-state index contributed by atoms with van der Waals surface area (Å²) in [6, 6.07) is 6.35. The number of fused-ring (bicyclic) bond motifs is 1. The molecule has 96 valence electrons. The normalized spacial score (nSPS) is 18.1. The van der Waals surface area contributed by atoms with E-state index in [4.69, 9.17) is 4.74 Å². The summed E-state index contributed by atoms with van der Waals surface area (Å²) in [6.45, 7) is 2.31. The Hall–Kier alpha value is -2.04. The number of carbonyl (C=O) groups is 2. The molecule has 0 fully saturated rings. The monoisotopic (exact) mass is 249 g/mol. The summed E-state index contributed by atoms with van der Waals surface area (Å²) in [4.78, 5) is 24.4. The van der Waals surface area contributed by atoms with Crippen LogP contribution in [-0.4, -0.2) is 35.2 Å². The molecule has 1 unspecified atom stereocenters. The van der Waals surface area contributed by atoms with Gasteiger partial charge in [0, 0.05) is 6.54 Å². The molecule has 0 saturated carbocycles. The summed E-state index contributed by atoms with van der Waals surface area (Å²) in [7, 11) is 0. The Morgan fingerprint density at radius 1 is 1.44 bits per heavy atom. The summed E-state index contributed by atoms with van der Waals surface area (Å²) in [5.41, 5.74) is 1.65. The van der Waals surface area contributed by atoms with Gasteiger partial charge in [-0.05, 0) is 24.5 Å². The number of nitrogens with zero attached hydrogens (tertiary/aromatic N) is 1. The highest BCUT2D eigenvalue weighted by molar-refractivity contribution is 5.82. The molecule has 1 amide bonds. The SMILES string of the molecule is CCOC(=O)N1CCc2ccccc2C1C(=O)O. The van der Waals surface area contributed by atoms with Crippen LogP contribution in [0.5, 0.6) is 0 Å². The lowest BCUT2D eigenvalue weighted by molar-refractivity contribution is -0.143. The van der Waals surface area contributed by atoms with Gasteiger partial charge in [0.05, 0.1) is 6.61 Å². The fourth-order valence-electron chi connectivity index (χ4n) is 2.24. The van der Waals surface area contributed by atoms with Crippen molar-refractivity contribution in [2.45, 2.75) is 19.4 Å². The largest absolute Gasteiger partial charge is 0.479 e. The van der Waals surface area contributed by atoms with Gasteiger partial charge in [-0.15, -0.1) is 0 Å². The third-order valence-electron chi connectivity index (χ3n) is 3.02. The van der Waals surface area contributed by atoms with Crippen molar-refractivity contribution in [1.29, 1.82) is 0 Å². The van der Waals surface area contributed by atoms with Crippen molar-refractivity contribution in [1.82, 2.24) is 4.90 Å². The maximum atomic E-state index is 11.8. The molecule has 1 N–H and O–H groups in total. The minimum absolute atomic E-state index is 0.239. The highest BCUT2D eigenvalue weighted by Crippen LogP contribution is 2.30. The summed E-state index contributed by atoms with van der Waals surface area (Å²) < 4.78 is 4.90. The van der Waals surface area contributed by atoms with E-state index in [1.54, 1.807) is 19.1 Å². The molecule has 0 spiro atoms. The first-order valence-electron chi connectivity index (χ1n) is 5.89. The molecule has 18 heavy (non-hydrogen) atoms. The minimum Gasteiger partial charge on any atom is -0.479 e. The van der Waals surface area contributed by atoms with Crippen LogP contribution in [-0.2, 0) is 16.0 Å². The van der Waals surface area contributed by atoms with Gasteiger partial charge in [-0.2, -0.15) is 0 Å². The van der Waals surface area contributed by atoms with Crippen molar-refractivity contribution in [3.63, 3.8) is 0 Å². The van der Waals surface area contributed by atoms with E-state index in [9.17, 15) is 14.7 Å². The first-order chi connectivity index (χ1) is 8.65. The molecule has 5 heteroatoms. The molecule has 1 aliphatic heterocycles. The molecule has 1 aromatic rings. The van der Waals surface area contributed by atoms with E-state index >= 15 is 0 Å². The summed E-state index contributed by atoms with van der Waals surface area (Å²) >= 11 is 0. The molecule has 1 heterocycles. The average Bonchev–Trinajstić information content (AvgIpc) is 2.37. The van der Waals surface area contributed by atoms with Gasteiger partial charge in [0.1, 0.15) is 0 Å². The number of aliphatic carboxylic acids is 1. The van der Waals surface area contributed by atoms with Gasteiger partial charge >= 0.3 is 12.1 Å². The molecule has 0 radical (unpaired) electrons. The summed E-state index contributed by atoms with van der Waals surface area (Å²) in [5.74, 6) is -1.03. The zero-order chi connectivity index (χ0) is 13.1. The molecule has 0 saturated heterocycles. The van der Waals surface area contributed by atoms with Crippen molar-refractivity contribution in [2.75, 3.05) is 13.2 Å². The first-order valence-corrected chi connectivity index (χ1v) is 5.89. The maximum absolute atomic E-state index is 11.8. The Kier molecular flexibility index (Phi) is 3.50. The van der Waals surface area contributed by atoms with Crippen molar-refractivity contribution >= 4 is 12.1 Å². The van der Waals surface area contributed by atoms with Gasteiger partial charge in [-0.3, -0.25) is 4.90 Å². The first kappa shape index (κ1) is 12.4. The van der Waals surface area contributed by atoms with Crippen molar-refractivity contribution in [2.24, 2.45) is 0 Å². The number of carbonyl (C=O) groups excluding carboxylic acids is 1. The van der Waals surface area contributed by atoms with E-state index in [0.717, 1.165) is 5.56 Å². The van der Waals surface area contributed by atoms with E-state index in [0.29, 0.717) is 18.5 Å². The molecule has 1 aliphatic rings. The fourth-order valence-corrected chi connectivity index (χ4v) is 2.24. The Morgan fingerprint density at radius 2 is 2.17 bits per heavy atom. The van der Waals surface area contributed by atoms with E-state index in [2.05, 4.69) is 0 Å². The number of ether oxygens (including phenoxy) is 1. The number of hydrogen-bond donors (Lipinski definition) is 1. The number of carboxylic acids is 1. The van der Waals surface area contributed by atoms with E-state index in [1.165, 1.54) is 4.90 Å². The second kappa shape index (κ2) is 5.08. The van der Waals surface area contributed by atoms with Gasteiger partial charge in [0.2, 0.25) is 0 Å². The third kappa shape index (κ3) is 2.16. The van der Waals surface area contributed by atoms with Gasteiger partial charge in [0.15, 0.2) is 6.04 Å². The van der Waals surface area contributed by atoms with E-state index in [1.807, 2.05) is 12.1 Å². The predicted octanol–water partition coefficient (Wildman–Crippen LogP) is 1.83. The van der Waals surface area contributed by atoms with Gasteiger partial charge < -0.3 is 9.84 Å². The average molecular weight is 249 g/mol. The fraction of sp³-hybridized carbons (Fsp3) is 0.385. The molecular formula is C13H15NO4. The second-order valence-electron chi connectivity index (χ2n) is 4.08. The summed E-state index contributed by atoms with van der Waals surface area (Å²) in [6.07, 6.45) is 0.0816. The number of carboxylic acid groups (broad SMARTS) is 1. The zero-order valence-electron chi connectivity index (χ0n) is 10.1. The zero-order valence-corrected chi connectivity index (χ0v) is 10.1. The predicted molar refractivity (Wildman–Crippen MR) is 64.3 cm³/mol. The number of amides is 1. The smallest absolute Gasteiger partial charge is 0.410 e. The van der Waals surface area contributed by atoms with Crippen LogP contribution in [0.25, 0.3) is 0 Å². The number of rotatable bonds is 2. The molecule has 5 nitrogen and oxygen atoms in total.